The summed E-state index contributed by atoms with van der Waals surface area (Å²) in [4.78, 5) is 10.8. The van der Waals surface area contributed by atoms with Gasteiger partial charge in [0.2, 0.25) is 0 Å². The Bertz CT molecular complexity index is 1100. The van der Waals surface area contributed by atoms with Gasteiger partial charge in [-0.25, -0.2) is 17.6 Å². The van der Waals surface area contributed by atoms with Crippen LogP contribution in [0.5, 0.6) is 0 Å². The zero-order chi connectivity index (χ0) is 20.1. The molecule has 0 saturated heterocycles. The van der Waals surface area contributed by atoms with Crippen LogP contribution in [0, 0.1) is 5.82 Å². The summed E-state index contributed by atoms with van der Waals surface area (Å²) in [5.74, 6) is -1.78. The van der Waals surface area contributed by atoms with E-state index in [4.69, 9.17) is 0 Å². The maximum Gasteiger partial charge on any atom is 0.335 e. The number of sulfonamides is 1. The van der Waals surface area contributed by atoms with Gasteiger partial charge in [0, 0.05) is 5.69 Å². The molecule has 144 valence electrons. The third kappa shape index (κ3) is 4.55. The van der Waals surface area contributed by atoms with E-state index in [0.29, 0.717) is 18.5 Å². The highest BCUT2D eigenvalue weighted by molar-refractivity contribution is 7.92. The van der Waals surface area contributed by atoms with Crippen LogP contribution >= 0.6 is 0 Å². The van der Waals surface area contributed by atoms with Gasteiger partial charge in [0.1, 0.15) is 10.7 Å². The van der Waals surface area contributed by atoms with Crippen molar-refractivity contribution < 1.29 is 22.7 Å². The minimum atomic E-state index is -4.02. The quantitative estimate of drug-likeness (QED) is 0.626. The molecule has 0 aliphatic heterocycles. The summed E-state index contributed by atoms with van der Waals surface area (Å²) >= 11 is 0. The minimum absolute atomic E-state index is 0.275. The molecule has 0 radical (unpaired) electrons. The van der Waals surface area contributed by atoms with Gasteiger partial charge in [0.15, 0.2) is 0 Å². The fraction of sp³-hybridized carbons (Fsp3) is 0.0952. The lowest BCUT2D eigenvalue weighted by Gasteiger charge is -2.10. The summed E-state index contributed by atoms with van der Waals surface area (Å²) < 4.78 is 40.7. The zero-order valence-electron chi connectivity index (χ0n) is 14.8. The lowest BCUT2D eigenvalue weighted by atomic mass is 10.00. The number of hydrogen-bond donors (Lipinski definition) is 2. The second-order valence-corrected chi connectivity index (χ2v) is 7.85. The number of anilines is 1. The Morgan fingerprint density at radius 1 is 0.893 bits per heavy atom. The number of aromatic carboxylic acids is 1. The number of benzene rings is 3. The van der Waals surface area contributed by atoms with Crippen LogP contribution in [0.15, 0.2) is 77.7 Å². The first kappa shape index (κ1) is 19.6. The van der Waals surface area contributed by atoms with Gasteiger partial charge in [-0.15, -0.1) is 0 Å². The van der Waals surface area contributed by atoms with Crippen LogP contribution in [0.4, 0.5) is 10.1 Å². The van der Waals surface area contributed by atoms with Crippen molar-refractivity contribution in [2.45, 2.75) is 17.7 Å². The molecule has 0 fully saturated rings. The first-order valence-corrected chi connectivity index (χ1v) is 10.0. The Kier molecular flexibility index (Phi) is 5.75. The summed E-state index contributed by atoms with van der Waals surface area (Å²) in [6.07, 6.45) is 1.15. The van der Waals surface area contributed by atoms with E-state index in [1.54, 1.807) is 48.5 Å². The Morgan fingerprint density at radius 3 is 2.21 bits per heavy atom. The number of carboxylic acids is 1. The molecule has 7 heteroatoms. The standard InChI is InChI=1S/C21H18FNO4S/c22-19-7-3-4-8-20(19)28(26,27)23-17-13-10-15(11-14-17)9-12-16-5-1-2-6-18(16)21(24)25/h1-8,10-11,13-14,23H,9,12H2,(H,24,25). The third-order valence-electron chi connectivity index (χ3n) is 4.26. The molecule has 0 amide bonds. The van der Waals surface area contributed by atoms with Crippen molar-refractivity contribution in [1.29, 1.82) is 0 Å². The fourth-order valence-corrected chi connectivity index (χ4v) is 3.98. The van der Waals surface area contributed by atoms with E-state index in [-0.39, 0.29) is 5.56 Å². The molecule has 0 saturated carbocycles. The van der Waals surface area contributed by atoms with Crippen LogP contribution in [-0.4, -0.2) is 19.5 Å². The molecule has 0 bridgehead atoms. The second kappa shape index (κ2) is 8.22. The number of carbonyl (C=O) groups is 1. The van der Waals surface area contributed by atoms with Crippen LogP contribution in [-0.2, 0) is 22.9 Å². The van der Waals surface area contributed by atoms with Gasteiger partial charge in [-0.05, 0) is 54.3 Å². The highest BCUT2D eigenvalue weighted by atomic mass is 32.2. The Labute approximate surface area is 162 Å². The van der Waals surface area contributed by atoms with Crippen LogP contribution in [0.2, 0.25) is 0 Å². The predicted octanol–water partition coefficient (Wildman–Crippen LogP) is 4.11. The molecule has 0 spiro atoms. The molecule has 0 aromatic heterocycles. The largest absolute Gasteiger partial charge is 0.478 e. The van der Waals surface area contributed by atoms with Crippen LogP contribution in [0.1, 0.15) is 21.5 Å². The molecular formula is C21H18FNO4S. The number of halogens is 1. The summed E-state index contributed by atoms with van der Waals surface area (Å²) in [6, 6.07) is 18.7. The van der Waals surface area contributed by atoms with Gasteiger partial charge in [-0.1, -0.05) is 42.5 Å². The average Bonchev–Trinajstić information content (AvgIpc) is 2.67. The monoisotopic (exact) mass is 399 g/mol. The van der Waals surface area contributed by atoms with Crippen molar-refractivity contribution in [3.63, 3.8) is 0 Å². The summed E-state index contributed by atoms with van der Waals surface area (Å²) in [7, 11) is -4.02. The molecule has 2 N–H and O–H groups in total. The smallest absolute Gasteiger partial charge is 0.335 e. The van der Waals surface area contributed by atoms with Crippen molar-refractivity contribution in [3.8, 4) is 0 Å². The number of hydrogen-bond acceptors (Lipinski definition) is 3. The molecule has 0 atom stereocenters. The summed E-state index contributed by atoms with van der Waals surface area (Å²) in [6.45, 7) is 0. The fourth-order valence-electron chi connectivity index (χ4n) is 2.84. The molecule has 3 aromatic rings. The number of nitrogens with one attached hydrogen (secondary N) is 1. The van der Waals surface area contributed by atoms with Gasteiger partial charge in [0.05, 0.1) is 5.56 Å². The lowest BCUT2D eigenvalue weighted by Crippen LogP contribution is -2.14. The minimum Gasteiger partial charge on any atom is -0.478 e. The van der Waals surface area contributed by atoms with Crippen molar-refractivity contribution in [3.05, 3.63) is 95.3 Å². The van der Waals surface area contributed by atoms with Crippen molar-refractivity contribution >= 4 is 21.7 Å². The van der Waals surface area contributed by atoms with Crippen molar-refractivity contribution in [2.24, 2.45) is 0 Å². The molecule has 0 unspecified atom stereocenters. The lowest BCUT2D eigenvalue weighted by molar-refractivity contribution is 0.0695. The second-order valence-electron chi connectivity index (χ2n) is 6.20. The SMILES string of the molecule is O=C(O)c1ccccc1CCc1ccc(NS(=O)(=O)c2ccccc2F)cc1. The maximum absolute atomic E-state index is 13.7. The van der Waals surface area contributed by atoms with Crippen LogP contribution in [0.3, 0.4) is 0 Å². The van der Waals surface area contributed by atoms with Crippen molar-refractivity contribution in [2.75, 3.05) is 4.72 Å². The van der Waals surface area contributed by atoms with Crippen LogP contribution in [0.25, 0.3) is 0 Å². The Balaban J connectivity index is 1.69. The van der Waals surface area contributed by atoms with E-state index in [9.17, 15) is 22.7 Å². The average molecular weight is 399 g/mol. The van der Waals surface area contributed by atoms with Gasteiger partial charge >= 0.3 is 5.97 Å². The van der Waals surface area contributed by atoms with Gasteiger partial charge in [-0.2, -0.15) is 0 Å². The van der Waals surface area contributed by atoms with Crippen molar-refractivity contribution in [1.82, 2.24) is 0 Å². The van der Waals surface area contributed by atoms with E-state index in [1.807, 2.05) is 0 Å². The highest BCUT2D eigenvalue weighted by Gasteiger charge is 2.18. The number of carboxylic acid groups (broad SMARTS) is 1. The van der Waals surface area contributed by atoms with Gasteiger partial charge < -0.3 is 5.11 Å². The van der Waals surface area contributed by atoms with E-state index < -0.39 is 26.7 Å². The summed E-state index contributed by atoms with van der Waals surface area (Å²) in [5, 5.41) is 9.23. The molecular weight excluding hydrogens is 381 g/mol. The van der Waals surface area contributed by atoms with Crippen LogP contribution < -0.4 is 4.72 Å². The maximum atomic E-state index is 13.7. The highest BCUT2D eigenvalue weighted by Crippen LogP contribution is 2.20. The topological polar surface area (TPSA) is 83.5 Å². The first-order chi connectivity index (χ1) is 13.4. The summed E-state index contributed by atoms with van der Waals surface area (Å²) in [5.41, 5.74) is 2.25. The molecule has 0 aliphatic carbocycles. The normalized spacial score (nSPS) is 11.2. The Morgan fingerprint density at radius 2 is 1.54 bits per heavy atom. The molecule has 0 heterocycles. The Hall–Kier alpha value is -3.19. The molecule has 28 heavy (non-hydrogen) atoms. The molecule has 0 aliphatic rings. The predicted molar refractivity (Wildman–Crippen MR) is 104 cm³/mol. The van der Waals surface area contributed by atoms with Gasteiger partial charge in [0.25, 0.3) is 10.0 Å². The number of aryl methyl sites for hydroxylation is 2. The number of rotatable bonds is 7. The van der Waals surface area contributed by atoms with E-state index >= 15 is 0 Å². The van der Waals surface area contributed by atoms with Gasteiger partial charge in [-0.3, -0.25) is 4.72 Å². The molecule has 5 nitrogen and oxygen atoms in total. The first-order valence-electron chi connectivity index (χ1n) is 8.54. The molecule has 3 rings (SSSR count). The van der Waals surface area contributed by atoms with E-state index in [2.05, 4.69) is 4.72 Å². The molecule has 3 aromatic carbocycles. The third-order valence-corrected chi connectivity index (χ3v) is 5.68. The zero-order valence-corrected chi connectivity index (χ0v) is 15.6. The van der Waals surface area contributed by atoms with E-state index in [1.165, 1.54) is 18.2 Å². The van der Waals surface area contributed by atoms with E-state index in [0.717, 1.165) is 17.2 Å².